The summed E-state index contributed by atoms with van der Waals surface area (Å²) >= 11 is 1.21. The van der Waals surface area contributed by atoms with Gasteiger partial charge in [-0.1, -0.05) is 12.1 Å². The minimum absolute atomic E-state index is 0.258. The molecule has 0 unspecified atom stereocenters. The summed E-state index contributed by atoms with van der Waals surface area (Å²) in [6.45, 7) is 0. The van der Waals surface area contributed by atoms with Crippen LogP contribution in [0.1, 0.15) is 25.5 Å². The number of nitrogens with zero attached hydrogens (tertiary/aromatic N) is 5. The van der Waals surface area contributed by atoms with E-state index in [2.05, 4.69) is 19.9 Å². The lowest BCUT2D eigenvalue weighted by Crippen LogP contribution is -2.32. The SMILES string of the molecule is O[C@@H]1[C@H](O)[C@@H](CSc2ccccc2F)O[C@H]1n1cnc2c(/N=C3\CCC[C@H]3O)ncnc21. The summed E-state index contributed by atoms with van der Waals surface area (Å²) < 4.78 is 21.4. The lowest BCUT2D eigenvalue weighted by Gasteiger charge is -2.16. The van der Waals surface area contributed by atoms with Crippen LogP contribution in [-0.4, -0.2) is 70.7 Å². The first-order chi connectivity index (χ1) is 15.5. The number of aliphatic hydroxyl groups excluding tert-OH is 3. The number of benzene rings is 1. The Morgan fingerprint density at radius 3 is 2.78 bits per heavy atom. The van der Waals surface area contributed by atoms with Crippen LogP contribution in [0.15, 0.2) is 46.8 Å². The lowest BCUT2D eigenvalue weighted by molar-refractivity contribution is -0.0289. The van der Waals surface area contributed by atoms with Crippen molar-refractivity contribution in [2.75, 3.05) is 5.75 Å². The van der Waals surface area contributed by atoms with Gasteiger partial charge in [0.05, 0.1) is 18.5 Å². The molecule has 168 valence electrons. The highest BCUT2D eigenvalue weighted by Crippen LogP contribution is 2.35. The largest absolute Gasteiger partial charge is 0.387 e. The van der Waals surface area contributed by atoms with E-state index in [4.69, 9.17) is 4.74 Å². The van der Waals surface area contributed by atoms with Crippen molar-refractivity contribution in [2.45, 2.75) is 54.8 Å². The molecule has 3 aromatic rings. The van der Waals surface area contributed by atoms with Crippen LogP contribution < -0.4 is 0 Å². The van der Waals surface area contributed by atoms with Crippen LogP contribution in [0, 0.1) is 5.82 Å². The summed E-state index contributed by atoms with van der Waals surface area (Å²) in [6, 6.07) is 6.37. The van der Waals surface area contributed by atoms with Gasteiger partial charge in [-0.05, 0) is 31.4 Å². The maximum Gasteiger partial charge on any atom is 0.183 e. The highest BCUT2D eigenvalue weighted by atomic mass is 32.2. The highest BCUT2D eigenvalue weighted by Gasteiger charge is 2.44. The normalized spacial score (nSPS) is 29.4. The summed E-state index contributed by atoms with van der Waals surface area (Å²) in [5.41, 5.74) is 1.47. The zero-order valence-electron chi connectivity index (χ0n) is 17.0. The molecule has 11 heteroatoms. The molecule has 32 heavy (non-hydrogen) atoms. The third-order valence-corrected chi connectivity index (χ3v) is 6.87. The molecule has 2 fully saturated rings. The molecule has 0 amide bonds. The van der Waals surface area contributed by atoms with Gasteiger partial charge >= 0.3 is 0 Å². The van der Waals surface area contributed by atoms with E-state index in [0.29, 0.717) is 40.4 Å². The van der Waals surface area contributed by atoms with Crippen molar-refractivity contribution in [1.29, 1.82) is 0 Å². The van der Waals surface area contributed by atoms with Gasteiger partial charge in [-0.15, -0.1) is 11.8 Å². The van der Waals surface area contributed by atoms with Crippen molar-refractivity contribution in [2.24, 2.45) is 4.99 Å². The molecule has 5 atom stereocenters. The van der Waals surface area contributed by atoms with Gasteiger partial charge < -0.3 is 20.1 Å². The zero-order valence-corrected chi connectivity index (χ0v) is 17.8. The highest BCUT2D eigenvalue weighted by molar-refractivity contribution is 7.99. The average molecular weight is 460 g/mol. The number of thioether (sulfide) groups is 1. The number of aromatic nitrogens is 4. The first kappa shape index (κ1) is 21.4. The number of hydrogen-bond acceptors (Lipinski definition) is 9. The Morgan fingerprint density at radius 2 is 2.00 bits per heavy atom. The molecule has 1 aliphatic carbocycles. The number of imidazole rings is 1. The molecule has 0 bridgehead atoms. The Labute approximate surface area is 187 Å². The number of aliphatic imine (C=N–C) groups is 1. The van der Waals surface area contributed by atoms with Crippen LogP contribution in [0.25, 0.3) is 11.2 Å². The smallest absolute Gasteiger partial charge is 0.183 e. The van der Waals surface area contributed by atoms with E-state index in [9.17, 15) is 19.7 Å². The summed E-state index contributed by atoms with van der Waals surface area (Å²) in [4.78, 5) is 17.7. The first-order valence-electron chi connectivity index (χ1n) is 10.3. The van der Waals surface area contributed by atoms with E-state index in [1.54, 1.807) is 18.2 Å². The molecule has 3 N–H and O–H groups in total. The predicted octanol–water partition coefficient (Wildman–Crippen LogP) is 1.99. The maximum atomic E-state index is 13.9. The van der Waals surface area contributed by atoms with Gasteiger partial charge in [-0.3, -0.25) is 4.57 Å². The summed E-state index contributed by atoms with van der Waals surface area (Å²) in [5.74, 6) is 0.249. The quantitative estimate of drug-likeness (QED) is 0.495. The van der Waals surface area contributed by atoms with Gasteiger partial charge in [0.2, 0.25) is 0 Å². The predicted molar refractivity (Wildman–Crippen MR) is 115 cm³/mol. The second-order valence-electron chi connectivity index (χ2n) is 7.82. The van der Waals surface area contributed by atoms with E-state index in [-0.39, 0.29) is 11.6 Å². The third kappa shape index (κ3) is 3.90. The van der Waals surface area contributed by atoms with Gasteiger partial charge in [-0.2, -0.15) is 0 Å². The average Bonchev–Trinajstić information content (AvgIpc) is 3.47. The number of halogens is 1. The van der Waals surface area contributed by atoms with E-state index < -0.39 is 30.6 Å². The second-order valence-corrected chi connectivity index (χ2v) is 8.88. The van der Waals surface area contributed by atoms with E-state index >= 15 is 0 Å². The Hall–Kier alpha value is -2.44. The lowest BCUT2D eigenvalue weighted by atomic mass is 10.1. The van der Waals surface area contributed by atoms with Gasteiger partial charge in [0.25, 0.3) is 0 Å². The molecule has 3 heterocycles. The maximum absolute atomic E-state index is 13.9. The number of fused-ring (bicyclic) bond motifs is 1. The Kier molecular flexibility index (Phi) is 5.91. The molecule has 2 aromatic heterocycles. The molecule has 2 aliphatic rings. The minimum Gasteiger partial charge on any atom is -0.387 e. The van der Waals surface area contributed by atoms with Crippen LogP contribution in [-0.2, 0) is 4.74 Å². The summed E-state index contributed by atoms with van der Waals surface area (Å²) in [5, 5.41) is 31.2. The molecule has 5 rings (SSSR count). The molecule has 9 nitrogen and oxygen atoms in total. The number of aliphatic hydroxyl groups is 3. The zero-order chi connectivity index (χ0) is 22.2. The third-order valence-electron chi connectivity index (χ3n) is 5.74. The first-order valence-corrected chi connectivity index (χ1v) is 11.3. The minimum atomic E-state index is -1.22. The van der Waals surface area contributed by atoms with Crippen molar-refractivity contribution in [1.82, 2.24) is 19.5 Å². The van der Waals surface area contributed by atoms with Crippen molar-refractivity contribution in [3.8, 4) is 0 Å². The fourth-order valence-corrected chi connectivity index (χ4v) is 5.01. The van der Waals surface area contributed by atoms with Gasteiger partial charge in [0, 0.05) is 16.4 Å². The molecule has 0 spiro atoms. The van der Waals surface area contributed by atoms with Crippen molar-refractivity contribution in [3.05, 3.63) is 42.7 Å². The van der Waals surface area contributed by atoms with Gasteiger partial charge in [0.1, 0.15) is 24.4 Å². The molecule has 1 aliphatic heterocycles. The Balaban J connectivity index is 1.38. The van der Waals surface area contributed by atoms with E-state index in [1.807, 2.05) is 0 Å². The molecular formula is C21H22FN5O4S. The standard InChI is InChI=1S/C21H22FN5O4S/c22-11-4-1-2-7-15(11)32-8-14-17(29)18(30)21(31-14)27-10-25-16-19(23-9-24-20(16)27)26-12-5-3-6-13(12)28/h1-2,4,7,9-10,13-14,17-18,21,28-30H,3,5-6,8H2/b26-12+/t13-,14-,17-,18-,21-/m1/s1. The van der Waals surface area contributed by atoms with Crippen LogP contribution in [0.4, 0.5) is 10.2 Å². The molecule has 1 aromatic carbocycles. The van der Waals surface area contributed by atoms with Gasteiger partial charge in [-0.25, -0.2) is 24.3 Å². The topological polar surface area (TPSA) is 126 Å². The molecular weight excluding hydrogens is 437 g/mol. The van der Waals surface area contributed by atoms with E-state index in [0.717, 1.165) is 6.42 Å². The Bertz CT molecular complexity index is 1160. The number of hydrogen-bond donors (Lipinski definition) is 3. The summed E-state index contributed by atoms with van der Waals surface area (Å²) in [6.07, 6.45) is 0.442. The van der Waals surface area contributed by atoms with Crippen LogP contribution in [0.3, 0.4) is 0 Å². The molecule has 1 saturated carbocycles. The number of rotatable bonds is 5. The van der Waals surface area contributed by atoms with Crippen molar-refractivity contribution >= 4 is 34.5 Å². The van der Waals surface area contributed by atoms with Crippen LogP contribution in [0.2, 0.25) is 0 Å². The number of ether oxygens (including phenoxy) is 1. The monoisotopic (exact) mass is 459 g/mol. The Morgan fingerprint density at radius 1 is 1.16 bits per heavy atom. The summed E-state index contributed by atoms with van der Waals surface area (Å²) in [7, 11) is 0. The van der Waals surface area contributed by atoms with Crippen molar-refractivity contribution < 1.29 is 24.4 Å². The van der Waals surface area contributed by atoms with Gasteiger partial charge in [0.15, 0.2) is 23.2 Å². The fraction of sp³-hybridized carbons (Fsp3) is 0.429. The van der Waals surface area contributed by atoms with E-state index in [1.165, 1.54) is 35.0 Å². The molecule has 1 saturated heterocycles. The van der Waals surface area contributed by atoms with Crippen LogP contribution in [0.5, 0.6) is 0 Å². The van der Waals surface area contributed by atoms with Crippen molar-refractivity contribution in [3.63, 3.8) is 0 Å². The second kappa shape index (κ2) is 8.83. The molecule has 0 radical (unpaired) electrons. The fourth-order valence-electron chi connectivity index (χ4n) is 4.01. The van der Waals surface area contributed by atoms with Crippen LogP contribution >= 0.6 is 11.8 Å².